The Bertz CT molecular complexity index is 518. The first kappa shape index (κ1) is 15.4. The second kappa shape index (κ2) is 7.73. The van der Waals surface area contributed by atoms with E-state index in [4.69, 9.17) is 0 Å². The van der Waals surface area contributed by atoms with Gasteiger partial charge in [-0.2, -0.15) is 0 Å². The minimum absolute atomic E-state index is 0.363. The lowest BCUT2D eigenvalue weighted by molar-refractivity contribution is 0.142. The Labute approximate surface area is 127 Å². The van der Waals surface area contributed by atoms with Gasteiger partial charge in [0.25, 0.3) is 0 Å². The zero-order valence-electron chi connectivity index (χ0n) is 11.7. The number of aryl methyl sites for hydroxylation is 1. The molecule has 0 saturated heterocycles. The molecule has 1 atom stereocenters. The van der Waals surface area contributed by atoms with E-state index >= 15 is 0 Å². The van der Waals surface area contributed by atoms with Gasteiger partial charge in [-0.05, 0) is 19.5 Å². The van der Waals surface area contributed by atoms with Crippen molar-refractivity contribution in [3.8, 4) is 0 Å². The van der Waals surface area contributed by atoms with E-state index in [0.717, 1.165) is 15.9 Å². The number of aromatic nitrogens is 2. The maximum atomic E-state index is 10.1. The summed E-state index contributed by atoms with van der Waals surface area (Å²) < 4.78 is 0.923. The Hall–Kier alpha value is -0.950. The van der Waals surface area contributed by atoms with E-state index in [0.29, 0.717) is 12.3 Å². The van der Waals surface area contributed by atoms with Crippen molar-refractivity contribution >= 4 is 23.1 Å². The molecule has 0 aliphatic rings. The van der Waals surface area contributed by atoms with Crippen LogP contribution in [-0.2, 0) is 6.54 Å². The molecule has 0 saturated carbocycles. The van der Waals surface area contributed by atoms with E-state index < -0.39 is 0 Å². The van der Waals surface area contributed by atoms with Crippen molar-refractivity contribution in [3.05, 3.63) is 40.9 Å². The van der Waals surface area contributed by atoms with Gasteiger partial charge in [-0.3, -0.25) is 4.90 Å². The summed E-state index contributed by atoms with van der Waals surface area (Å²) in [6.07, 6.45) is -0.363. The zero-order valence-corrected chi connectivity index (χ0v) is 13.3. The van der Waals surface area contributed by atoms with Crippen molar-refractivity contribution < 1.29 is 5.11 Å². The zero-order chi connectivity index (χ0) is 14.4. The van der Waals surface area contributed by atoms with Gasteiger partial charge in [0.1, 0.15) is 5.01 Å². The number of likely N-dealkylation sites (N-methyl/N-ethyl adjacent to an activating group) is 1. The molecule has 1 heterocycles. The quantitative estimate of drug-likeness (QED) is 0.796. The molecular weight excluding hydrogens is 290 g/mol. The fourth-order valence-corrected chi connectivity index (χ4v) is 3.63. The molecule has 2 rings (SSSR count). The van der Waals surface area contributed by atoms with Crippen LogP contribution in [0.15, 0.2) is 34.7 Å². The molecule has 1 unspecified atom stereocenters. The topological polar surface area (TPSA) is 49.3 Å². The molecule has 2 aromatic rings. The fraction of sp³-hybridized carbons (Fsp3) is 0.429. The van der Waals surface area contributed by atoms with Gasteiger partial charge < -0.3 is 5.11 Å². The van der Waals surface area contributed by atoms with Gasteiger partial charge in [0, 0.05) is 18.8 Å². The molecule has 108 valence electrons. The summed E-state index contributed by atoms with van der Waals surface area (Å²) in [5.41, 5.74) is 1.26. The second-order valence-electron chi connectivity index (χ2n) is 4.73. The maximum Gasteiger partial charge on any atom is 0.174 e. The van der Waals surface area contributed by atoms with Crippen molar-refractivity contribution in [2.75, 3.05) is 19.3 Å². The number of rotatable bonds is 7. The lowest BCUT2D eigenvalue weighted by atomic mass is 10.2. The maximum absolute atomic E-state index is 10.1. The number of hydrogen-bond acceptors (Lipinski definition) is 6. The van der Waals surface area contributed by atoms with Gasteiger partial charge in [0.15, 0.2) is 4.34 Å². The molecule has 1 aromatic carbocycles. The molecule has 20 heavy (non-hydrogen) atoms. The summed E-state index contributed by atoms with van der Waals surface area (Å²) >= 11 is 3.13. The molecule has 1 aromatic heterocycles. The molecule has 0 aliphatic heterocycles. The highest BCUT2D eigenvalue weighted by Crippen LogP contribution is 2.22. The highest BCUT2D eigenvalue weighted by molar-refractivity contribution is 8.01. The molecule has 0 fully saturated rings. The fourth-order valence-electron chi connectivity index (χ4n) is 1.88. The monoisotopic (exact) mass is 309 g/mol. The van der Waals surface area contributed by atoms with Crippen LogP contribution in [0.4, 0.5) is 0 Å². The third kappa shape index (κ3) is 5.20. The third-order valence-electron chi connectivity index (χ3n) is 2.72. The molecule has 0 amide bonds. The van der Waals surface area contributed by atoms with Crippen molar-refractivity contribution in [1.82, 2.24) is 15.1 Å². The van der Waals surface area contributed by atoms with Gasteiger partial charge in [0.05, 0.1) is 6.10 Å². The minimum atomic E-state index is -0.363. The van der Waals surface area contributed by atoms with Gasteiger partial charge in [0.2, 0.25) is 0 Å². The number of aliphatic hydroxyl groups excluding tert-OH is 1. The van der Waals surface area contributed by atoms with Gasteiger partial charge >= 0.3 is 0 Å². The first-order valence-electron chi connectivity index (χ1n) is 6.47. The minimum Gasteiger partial charge on any atom is -0.391 e. The lowest BCUT2D eigenvalue weighted by Gasteiger charge is -2.20. The Morgan fingerprint density at radius 1 is 1.30 bits per heavy atom. The molecule has 0 bridgehead atoms. The summed E-state index contributed by atoms with van der Waals surface area (Å²) in [6.45, 7) is 3.44. The van der Waals surface area contributed by atoms with Crippen molar-refractivity contribution in [2.24, 2.45) is 0 Å². The Balaban J connectivity index is 1.72. The molecule has 4 nitrogen and oxygen atoms in total. The number of hydrogen-bond donors (Lipinski definition) is 1. The first-order valence-corrected chi connectivity index (χ1v) is 8.27. The number of nitrogens with zero attached hydrogens (tertiary/aromatic N) is 3. The average Bonchev–Trinajstić information content (AvgIpc) is 2.83. The van der Waals surface area contributed by atoms with Crippen LogP contribution < -0.4 is 0 Å². The third-order valence-corrected chi connectivity index (χ3v) is 4.84. The predicted molar refractivity (Wildman–Crippen MR) is 84.2 cm³/mol. The van der Waals surface area contributed by atoms with E-state index in [2.05, 4.69) is 27.2 Å². The van der Waals surface area contributed by atoms with Crippen molar-refractivity contribution in [2.45, 2.75) is 23.9 Å². The molecular formula is C14H19N3OS2. The van der Waals surface area contributed by atoms with Crippen LogP contribution in [0.1, 0.15) is 10.6 Å². The van der Waals surface area contributed by atoms with Gasteiger partial charge in [-0.25, -0.2) is 0 Å². The van der Waals surface area contributed by atoms with Gasteiger partial charge in [-0.1, -0.05) is 53.4 Å². The highest BCUT2D eigenvalue weighted by atomic mass is 32.2. The summed E-state index contributed by atoms with van der Waals surface area (Å²) in [5.74, 6) is 0.647. The van der Waals surface area contributed by atoms with Crippen molar-refractivity contribution in [3.63, 3.8) is 0 Å². The molecule has 1 N–H and O–H groups in total. The largest absolute Gasteiger partial charge is 0.391 e. The van der Waals surface area contributed by atoms with Crippen LogP contribution in [0.25, 0.3) is 0 Å². The van der Waals surface area contributed by atoms with E-state index in [1.54, 1.807) is 23.1 Å². The van der Waals surface area contributed by atoms with Crippen LogP contribution in [0.3, 0.4) is 0 Å². The van der Waals surface area contributed by atoms with Crippen LogP contribution in [-0.4, -0.2) is 45.7 Å². The SMILES string of the molecule is Cc1nnc(SCC(O)CN(C)Cc2ccccc2)s1. The van der Waals surface area contributed by atoms with E-state index in [1.807, 2.05) is 32.2 Å². The second-order valence-corrected chi connectivity index (χ2v) is 7.18. The Morgan fingerprint density at radius 2 is 2.05 bits per heavy atom. The van der Waals surface area contributed by atoms with Crippen LogP contribution in [0.2, 0.25) is 0 Å². The average molecular weight is 309 g/mol. The molecule has 0 aliphatic carbocycles. The number of benzene rings is 1. The van der Waals surface area contributed by atoms with Crippen LogP contribution >= 0.6 is 23.1 Å². The highest BCUT2D eigenvalue weighted by Gasteiger charge is 2.11. The standard InChI is InChI=1S/C14H19N3OS2/c1-11-15-16-14(20-11)19-10-13(18)9-17(2)8-12-6-4-3-5-7-12/h3-7,13,18H,8-10H2,1-2H3. The van der Waals surface area contributed by atoms with Crippen LogP contribution in [0, 0.1) is 6.92 Å². The van der Waals surface area contributed by atoms with E-state index in [9.17, 15) is 5.11 Å². The number of thioether (sulfide) groups is 1. The van der Waals surface area contributed by atoms with Crippen molar-refractivity contribution in [1.29, 1.82) is 0 Å². The van der Waals surface area contributed by atoms with E-state index in [-0.39, 0.29) is 6.10 Å². The summed E-state index contributed by atoms with van der Waals surface area (Å²) in [4.78, 5) is 2.13. The van der Waals surface area contributed by atoms with Gasteiger partial charge in [-0.15, -0.1) is 10.2 Å². The lowest BCUT2D eigenvalue weighted by Crippen LogP contribution is -2.30. The Morgan fingerprint density at radius 3 is 2.70 bits per heavy atom. The summed E-state index contributed by atoms with van der Waals surface area (Å²) in [5, 5.41) is 19.0. The predicted octanol–water partition coefficient (Wildman–Crippen LogP) is 2.43. The first-order chi connectivity index (χ1) is 9.63. The Kier molecular flexibility index (Phi) is 5.97. The molecule has 0 radical (unpaired) electrons. The van der Waals surface area contributed by atoms with Crippen LogP contribution in [0.5, 0.6) is 0 Å². The number of aliphatic hydroxyl groups is 1. The summed E-state index contributed by atoms with van der Waals surface area (Å²) in [6, 6.07) is 10.3. The normalized spacial score (nSPS) is 12.8. The molecule has 6 heteroatoms. The van der Waals surface area contributed by atoms with E-state index in [1.165, 1.54) is 5.56 Å². The summed E-state index contributed by atoms with van der Waals surface area (Å²) in [7, 11) is 2.02. The molecule has 0 spiro atoms. The smallest absolute Gasteiger partial charge is 0.174 e.